The summed E-state index contributed by atoms with van der Waals surface area (Å²) in [5.74, 6) is 0. The van der Waals surface area contributed by atoms with Crippen molar-refractivity contribution in [3.05, 3.63) is 76.1 Å². The number of aryl methyl sites for hydroxylation is 2. The van der Waals surface area contributed by atoms with E-state index in [1.54, 1.807) is 0 Å². The van der Waals surface area contributed by atoms with Crippen LogP contribution >= 0.6 is 0 Å². The number of hydrogen-bond acceptors (Lipinski definition) is 4. The van der Waals surface area contributed by atoms with Gasteiger partial charge in [-0.1, -0.05) is 30.3 Å². The highest BCUT2D eigenvalue weighted by molar-refractivity contribution is 6.03. The van der Waals surface area contributed by atoms with E-state index in [-0.39, 0.29) is 5.63 Å². The van der Waals surface area contributed by atoms with Crippen LogP contribution in [0.25, 0.3) is 21.7 Å². The van der Waals surface area contributed by atoms with Crippen LogP contribution in [0.5, 0.6) is 0 Å². The normalized spacial score (nSPS) is 13.6. The van der Waals surface area contributed by atoms with Gasteiger partial charge in [-0.2, -0.15) is 0 Å². The third kappa shape index (κ3) is 2.65. The maximum Gasteiger partial charge on any atom is 0.338 e. The molecule has 4 aromatic rings. The fourth-order valence-electron chi connectivity index (χ4n) is 4.14. The Bertz CT molecular complexity index is 1240. The maximum atomic E-state index is 12.3. The van der Waals surface area contributed by atoms with E-state index in [0.29, 0.717) is 0 Å². The second-order valence-corrected chi connectivity index (χ2v) is 7.14. The molecule has 5 rings (SSSR count). The number of fused-ring (bicyclic) bond motifs is 4. The van der Waals surface area contributed by atoms with Gasteiger partial charge in [-0.3, -0.25) is 0 Å². The minimum Gasteiger partial charge on any atom is -0.422 e. The first-order valence-electron chi connectivity index (χ1n) is 9.33. The van der Waals surface area contributed by atoms with Gasteiger partial charge in [0.05, 0.1) is 5.69 Å². The molecule has 27 heavy (non-hydrogen) atoms. The van der Waals surface area contributed by atoms with Gasteiger partial charge < -0.3 is 15.5 Å². The molecule has 0 saturated carbocycles. The molecule has 1 aromatic heterocycles. The van der Waals surface area contributed by atoms with Crippen molar-refractivity contribution < 1.29 is 4.42 Å². The van der Waals surface area contributed by atoms with Crippen molar-refractivity contribution in [2.75, 3.05) is 11.1 Å². The van der Waals surface area contributed by atoms with E-state index < -0.39 is 0 Å². The fourth-order valence-corrected chi connectivity index (χ4v) is 4.14. The molecule has 1 aliphatic rings. The highest BCUT2D eigenvalue weighted by Crippen LogP contribution is 2.35. The number of hydrogen-bond donors (Lipinski definition) is 2. The number of nitrogens with two attached hydrogens (primary N) is 1. The summed E-state index contributed by atoms with van der Waals surface area (Å²) < 4.78 is 5.63. The van der Waals surface area contributed by atoms with E-state index in [0.717, 1.165) is 58.1 Å². The summed E-state index contributed by atoms with van der Waals surface area (Å²) in [7, 11) is 0. The zero-order chi connectivity index (χ0) is 18.4. The zero-order valence-electron chi connectivity index (χ0n) is 14.9. The first-order chi connectivity index (χ1) is 13.2. The van der Waals surface area contributed by atoms with Crippen molar-refractivity contribution in [3.8, 4) is 0 Å². The summed E-state index contributed by atoms with van der Waals surface area (Å²) in [5, 5.41) is 6.41. The summed E-state index contributed by atoms with van der Waals surface area (Å²) in [6, 6.07) is 17.6. The van der Waals surface area contributed by atoms with Crippen molar-refractivity contribution in [3.63, 3.8) is 0 Å². The number of benzene rings is 3. The Balaban J connectivity index is 1.71. The summed E-state index contributed by atoms with van der Waals surface area (Å²) >= 11 is 0. The number of nitrogen functional groups attached to an aromatic ring is 1. The van der Waals surface area contributed by atoms with Crippen molar-refractivity contribution in [1.82, 2.24) is 0 Å². The third-order valence-corrected chi connectivity index (χ3v) is 5.46. The molecule has 1 heterocycles. The first kappa shape index (κ1) is 15.9. The predicted octanol–water partition coefficient (Wildman–Crippen LogP) is 5.15. The smallest absolute Gasteiger partial charge is 0.338 e. The van der Waals surface area contributed by atoms with Gasteiger partial charge in [-0.15, -0.1) is 0 Å². The fraction of sp³-hybridized carbons (Fsp3) is 0.174. The van der Waals surface area contributed by atoms with Crippen molar-refractivity contribution in [1.29, 1.82) is 0 Å². The molecule has 0 aliphatic heterocycles. The average Bonchev–Trinajstić information content (AvgIpc) is 2.68. The molecule has 0 radical (unpaired) electrons. The minimum absolute atomic E-state index is 0.330. The number of anilines is 3. The Labute approximate surface area is 156 Å². The second-order valence-electron chi connectivity index (χ2n) is 7.14. The van der Waals surface area contributed by atoms with Crippen LogP contribution in [0.4, 0.5) is 17.1 Å². The summed E-state index contributed by atoms with van der Waals surface area (Å²) in [5.41, 5.74) is 11.4. The Morgan fingerprint density at radius 3 is 2.59 bits per heavy atom. The number of rotatable bonds is 2. The lowest BCUT2D eigenvalue weighted by Gasteiger charge is -2.18. The third-order valence-electron chi connectivity index (χ3n) is 5.46. The van der Waals surface area contributed by atoms with Crippen molar-refractivity contribution >= 4 is 38.8 Å². The zero-order valence-corrected chi connectivity index (χ0v) is 14.9. The van der Waals surface area contributed by atoms with Gasteiger partial charge in [-0.25, -0.2) is 4.79 Å². The monoisotopic (exact) mass is 356 g/mol. The molecule has 0 spiro atoms. The van der Waals surface area contributed by atoms with Crippen molar-refractivity contribution in [2.45, 2.75) is 25.7 Å². The van der Waals surface area contributed by atoms with E-state index in [4.69, 9.17) is 10.2 Å². The molecule has 3 N–H and O–H groups in total. The van der Waals surface area contributed by atoms with E-state index in [2.05, 4.69) is 17.4 Å². The Morgan fingerprint density at radius 2 is 1.67 bits per heavy atom. The van der Waals surface area contributed by atoms with E-state index in [1.165, 1.54) is 23.6 Å². The van der Waals surface area contributed by atoms with Gasteiger partial charge >= 0.3 is 5.63 Å². The molecule has 0 atom stereocenters. The molecule has 0 bridgehead atoms. The van der Waals surface area contributed by atoms with Gasteiger partial charge in [0, 0.05) is 33.6 Å². The van der Waals surface area contributed by atoms with Gasteiger partial charge in [-0.05, 0) is 55.0 Å². The Morgan fingerprint density at radius 1 is 0.852 bits per heavy atom. The molecule has 0 amide bonds. The van der Waals surface area contributed by atoms with E-state index in [1.807, 2.05) is 36.4 Å². The summed E-state index contributed by atoms with van der Waals surface area (Å²) in [6.07, 6.45) is 4.34. The molecule has 3 aromatic carbocycles. The highest BCUT2D eigenvalue weighted by Gasteiger charge is 2.17. The van der Waals surface area contributed by atoms with Crippen LogP contribution in [0.2, 0.25) is 0 Å². The second kappa shape index (κ2) is 6.16. The molecule has 4 heteroatoms. The minimum atomic E-state index is -0.330. The SMILES string of the molecule is Nc1cccc2c(Nc3cc(=O)oc4c5c(ccc34)CCCC5)cccc12. The maximum absolute atomic E-state index is 12.3. The van der Waals surface area contributed by atoms with Crippen molar-refractivity contribution in [2.24, 2.45) is 0 Å². The Kier molecular flexibility index (Phi) is 3.64. The summed E-state index contributed by atoms with van der Waals surface area (Å²) in [4.78, 5) is 12.3. The van der Waals surface area contributed by atoms with Gasteiger partial charge in [0.25, 0.3) is 0 Å². The van der Waals surface area contributed by atoms with Crippen LogP contribution in [0.3, 0.4) is 0 Å². The standard InChI is InChI=1S/C23H20N2O2/c24-19-9-3-8-17-16(19)7-4-10-20(17)25-21-13-22(26)27-23-15-6-2-1-5-14(15)11-12-18(21)23/h3-4,7-13,25H,1-2,5-6,24H2. The average molecular weight is 356 g/mol. The van der Waals surface area contributed by atoms with Gasteiger partial charge in [0.2, 0.25) is 0 Å². The molecule has 0 unspecified atom stereocenters. The lowest BCUT2D eigenvalue weighted by molar-refractivity contribution is 0.551. The number of nitrogens with one attached hydrogen (secondary N) is 1. The quantitative estimate of drug-likeness (QED) is 0.385. The topological polar surface area (TPSA) is 68.3 Å². The van der Waals surface area contributed by atoms with Crippen LogP contribution in [0, 0.1) is 0 Å². The molecule has 4 nitrogen and oxygen atoms in total. The van der Waals surface area contributed by atoms with E-state index >= 15 is 0 Å². The lowest BCUT2D eigenvalue weighted by atomic mass is 9.90. The molecular formula is C23H20N2O2. The van der Waals surface area contributed by atoms with Crippen LogP contribution in [0.1, 0.15) is 24.0 Å². The van der Waals surface area contributed by atoms with Crippen LogP contribution in [-0.2, 0) is 12.8 Å². The highest BCUT2D eigenvalue weighted by atomic mass is 16.4. The molecule has 134 valence electrons. The largest absolute Gasteiger partial charge is 0.422 e. The summed E-state index contributed by atoms with van der Waals surface area (Å²) in [6.45, 7) is 0. The van der Waals surface area contributed by atoms with Crippen LogP contribution < -0.4 is 16.7 Å². The Hall–Kier alpha value is -3.27. The molecule has 0 fully saturated rings. The molecule has 0 saturated heterocycles. The van der Waals surface area contributed by atoms with Gasteiger partial charge in [0.1, 0.15) is 5.58 Å². The van der Waals surface area contributed by atoms with Crippen LogP contribution in [0.15, 0.2) is 63.8 Å². The van der Waals surface area contributed by atoms with Crippen LogP contribution in [-0.4, -0.2) is 0 Å². The molecular weight excluding hydrogens is 336 g/mol. The lowest BCUT2D eigenvalue weighted by Crippen LogP contribution is -2.07. The van der Waals surface area contributed by atoms with E-state index in [9.17, 15) is 4.79 Å². The first-order valence-corrected chi connectivity index (χ1v) is 9.33. The predicted molar refractivity (Wildman–Crippen MR) is 111 cm³/mol. The molecule has 1 aliphatic carbocycles. The van der Waals surface area contributed by atoms with Gasteiger partial charge in [0.15, 0.2) is 0 Å².